The number of rotatable bonds is 45. The van der Waals surface area contributed by atoms with Crippen molar-refractivity contribution in [2.75, 3.05) is 85.1 Å². The zero-order chi connectivity index (χ0) is 72.7. The van der Waals surface area contributed by atoms with E-state index in [1.54, 1.807) is 56.0 Å². The van der Waals surface area contributed by atoms with Crippen LogP contribution in [0.3, 0.4) is 0 Å². The van der Waals surface area contributed by atoms with Crippen LogP contribution in [0.25, 0.3) is 0 Å². The van der Waals surface area contributed by atoms with E-state index in [9.17, 15) is 92.7 Å². The van der Waals surface area contributed by atoms with Crippen molar-refractivity contribution in [3.05, 3.63) is 63.2 Å². The first-order chi connectivity index (χ1) is 46.5. The normalized spacial score (nSPS) is 15.3. The van der Waals surface area contributed by atoms with Crippen LogP contribution in [0.15, 0.2) is 48.5 Å². The first-order valence-electron chi connectivity index (χ1n) is 32.4. The Kier molecular flexibility index (Phi) is 38.9. The molecule has 1 saturated heterocycles. The van der Waals surface area contributed by atoms with Gasteiger partial charge in [0, 0.05) is 104 Å². The minimum atomic E-state index is -1.54. The zero-order valence-corrected chi connectivity index (χ0v) is 57.0. The van der Waals surface area contributed by atoms with E-state index in [0.717, 1.165) is 0 Å². The molecule has 34 nitrogen and oxygen atoms in total. The number of aliphatic carboxylic acids is 5. The maximum absolute atomic E-state index is 14.5. The summed E-state index contributed by atoms with van der Waals surface area (Å²) < 4.78 is 0.420. The molecule has 2 aromatic carbocycles. The summed E-state index contributed by atoms with van der Waals surface area (Å²) in [4.78, 5) is 182. The lowest BCUT2D eigenvalue weighted by Crippen LogP contribution is -2.57. The molecule has 2 aromatic rings. The van der Waals surface area contributed by atoms with Gasteiger partial charge >= 0.3 is 35.9 Å². The van der Waals surface area contributed by atoms with Gasteiger partial charge in [-0.15, -0.1) is 0 Å². The van der Waals surface area contributed by atoms with Crippen LogP contribution >= 0.6 is 22.6 Å². The number of phenols is 1. The second-order valence-electron chi connectivity index (χ2n) is 23.9. The number of nitrogens with zero attached hydrogens (tertiary/aromatic N) is 4. The van der Waals surface area contributed by atoms with Gasteiger partial charge in [0.1, 0.15) is 42.0 Å². The van der Waals surface area contributed by atoms with E-state index in [0.29, 0.717) is 53.2 Å². The van der Waals surface area contributed by atoms with Crippen LogP contribution in [-0.4, -0.2) is 255 Å². The third kappa shape index (κ3) is 35.4. The number of benzene rings is 2. The highest BCUT2D eigenvalue weighted by molar-refractivity contribution is 14.1. The molecule has 0 spiro atoms. The monoisotopic (exact) mass is 1490 g/mol. The number of unbranched alkanes of at least 4 members (excludes halogenated alkanes) is 5. The van der Waals surface area contributed by atoms with Crippen LogP contribution in [0.2, 0.25) is 0 Å². The van der Waals surface area contributed by atoms with Crippen molar-refractivity contribution in [3.63, 3.8) is 0 Å². The average Bonchev–Trinajstić information content (AvgIpc) is 0.864. The Hall–Kier alpha value is -8.81. The third-order valence-corrected chi connectivity index (χ3v) is 16.8. The zero-order valence-electron chi connectivity index (χ0n) is 54.8. The third-order valence-electron chi connectivity index (χ3n) is 15.9. The van der Waals surface area contributed by atoms with Crippen LogP contribution in [0.5, 0.6) is 5.75 Å². The van der Waals surface area contributed by atoms with Gasteiger partial charge in [-0.3, -0.25) is 67.5 Å². The van der Waals surface area contributed by atoms with Crippen LogP contribution in [0.1, 0.15) is 114 Å². The Bertz CT molecular complexity index is 2970. The number of nitrogens with one attached hydrogen (secondary N) is 7. The molecule has 0 aliphatic carbocycles. The summed E-state index contributed by atoms with van der Waals surface area (Å²) in [6.07, 6.45) is 1.99. The van der Waals surface area contributed by atoms with E-state index in [-0.39, 0.29) is 160 Å². The number of hydrogen-bond acceptors (Lipinski definition) is 19. The van der Waals surface area contributed by atoms with Crippen molar-refractivity contribution in [2.24, 2.45) is 17.2 Å². The number of carbonyl (C=O) groups is 14. The first kappa shape index (κ1) is 83.4. The van der Waals surface area contributed by atoms with E-state index in [1.807, 2.05) is 22.6 Å². The topological polar surface area (TPSA) is 536 Å². The predicted octanol–water partition coefficient (Wildman–Crippen LogP) is -1.78. The molecule has 19 N–H and O–H groups in total. The maximum atomic E-state index is 14.5. The minimum Gasteiger partial charge on any atom is -0.507 e. The van der Waals surface area contributed by atoms with Crippen molar-refractivity contribution >= 4 is 106 Å². The molecule has 544 valence electrons. The molecule has 35 heteroatoms. The fourth-order valence-electron chi connectivity index (χ4n) is 10.6. The van der Waals surface area contributed by atoms with Gasteiger partial charge in [0.15, 0.2) is 0 Å². The molecular formula is C63H95IN14O20. The number of phenolic OH excluding ortho intramolecular Hbond substituents is 1. The van der Waals surface area contributed by atoms with Crippen molar-refractivity contribution in [1.29, 1.82) is 0 Å². The summed E-state index contributed by atoms with van der Waals surface area (Å²) >= 11 is 1.89. The van der Waals surface area contributed by atoms with Crippen molar-refractivity contribution in [1.82, 2.24) is 56.8 Å². The highest BCUT2D eigenvalue weighted by atomic mass is 127. The fourth-order valence-corrected chi connectivity index (χ4v) is 11.2. The summed E-state index contributed by atoms with van der Waals surface area (Å²) in [7, 11) is 0. The van der Waals surface area contributed by atoms with Gasteiger partial charge < -0.3 is 85.1 Å². The molecule has 1 aliphatic rings. The van der Waals surface area contributed by atoms with Gasteiger partial charge in [-0.1, -0.05) is 49.2 Å². The fraction of sp³-hybridized carbons (Fsp3) is 0.587. The summed E-state index contributed by atoms with van der Waals surface area (Å²) in [5.74, 6) is -11.7. The molecule has 1 aliphatic heterocycles. The van der Waals surface area contributed by atoms with Gasteiger partial charge in [-0.25, -0.2) is 19.2 Å². The lowest BCUT2D eigenvalue weighted by atomic mass is 10.0. The number of hydrogen-bond donors (Lipinski definition) is 16. The number of carbonyl (C=O) groups excluding carboxylic acids is 9. The molecule has 0 aromatic heterocycles. The SMILES string of the molecule is NC(=O)CN1CCN(CC(N)=O)CCN([C@H](CCC(=O)N[C@H](Cc2ccc(O)c(I)c2)C(=O)NC(Cc2ccccc2)C(=O)N[C@H](CCCCNC(=O)CCCCCCC(=O)NCCCC[C@H](NC(=O)N[C@@H](CCC(=O)O)C(=O)O)C(=O)O)C(=O)O)C(=O)O)CCN(CC(N)=O)CC1. The summed E-state index contributed by atoms with van der Waals surface area (Å²) in [6.45, 7) is 1.31. The number of urea groups is 1. The molecule has 6 atom stereocenters. The summed E-state index contributed by atoms with van der Waals surface area (Å²) in [5, 5.41) is 76.5. The lowest BCUT2D eigenvalue weighted by molar-refractivity contribution is -0.145. The molecule has 1 heterocycles. The van der Waals surface area contributed by atoms with Gasteiger partial charge in [-0.2, -0.15) is 0 Å². The lowest BCUT2D eigenvalue weighted by Gasteiger charge is -2.35. The van der Waals surface area contributed by atoms with E-state index in [1.165, 1.54) is 12.1 Å². The van der Waals surface area contributed by atoms with E-state index in [2.05, 4.69) is 37.2 Å². The molecule has 98 heavy (non-hydrogen) atoms. The predicted molar refractivity (Wildman–Crippen MR) is 360 cm³/mol. The molecule has 0 radical (unpaired) electrons. The van der Waals surface area contributed by atoms with Gasteiger partial charge in [0.2, 0.25) is 47.3 Å². The van der Waals surface area contributed by atoms with Crippen molar-refractivity contribution in [3.8, 4) is 5.75 Å². The molecule has 0 saturated carbocycles. The number of amides is 10. The molecular weight excluding hydrogens is 1400 g/mol. The second-order valence-corrected chi connectivity index (χ2v) is 25.0. The Balaban J connectivity index is 1.58. The van der Waals surface area contributed by atoms with E-state index >= 15 is 0 Å². The van der Waals surface area contributed by atoms with Gasteiger partial charge in [-0.05, 0) is 110 Å². The average molecular weight is 1500 g/mol. The smallest absolute Gasteiger partial charge is 0.326 e. The van der Waals surface area contributed by atoms with Gasteiger partial charge in [0.05, 0.1) is 23.2 Å². The molecule has 1 unspecified atom stereocenters. The first-order valence-corrected chi connectivity index (χ1v) is 33.5. The van der Waals surface area contributed by atoms with Crippen LogP contribution in [0, 0.1) is 3.57 Å². The molecule has 1 fully saturated rings. The minimum absolute atomic E-state index is 0.0279. The number of nitrogens with two attached hydrogens (primary N) is 3. The highest BCUT2D eigenvalue weighted by Gasteiger charge is 2.33. The number of halogens is 1. The summed E-state index contributed by atoms with van der Waals surface area (Å²) in [5.41, 5.74) is 17.7. The number of aromatic hydroxyl groups is 1. The van der Waals surface area contributed by atoms with Crippen molar-refractivity contribution in [2.45, 2.75) is 152 Å². The number of primary amides is 3. The standard InChI is InChI=1S/C63H95IN14O20/c64-42-34-41(18-21-49(42)79)36-46(70-55(85)22-20-48(62(96)97)78-32-30-76(38-51(66)81)28-26-75(37-50(65)80)27-29-77(31-33-78)39-52(67)82)57(88)72-47(35-40-12-4-3-5-13-40)58(89)71-43(59(90)91)14-8-10-24-68-53(83)16-6-1-2-7-17-54(84)69-25-11-9-15-44(60(92)93)73-63(98)74-45(61(94)95)19-23-56(86)87/h3-5,12-13,18,21,34,43-48,79H,1-2,6-11,14-17,19-20,22-33,35-39H2,(H2,65,80)(H2,66,81)(H2,67,82)(H,68,83)(H,69,84)(H,70,85)(H,71,89)(H,72,88)(H,86,87)(H,90,91)(H,92,93)(H,94,95)(H,96,97)(H2,73,74,98)/t43-,44+,45+,46-,47?,48-/m1/s1. The Morgan fingerprint density at radius 1 is 0.429 bits per heavy atom. The van der Waals surface area contributed by atoms with Crippen LogP contribution < -0.4 is 54.4 Å². The Labute approximate surface area is 580 Å². The Morgan fingerprint density at radius 2 is 0.857 bits per heavy atom. The number of carboxylic acid groups (broad SMARTS) is 5. The van der Waals surface area contributed by atoms with E-state index in [4.69, 9.17) is 22.3 Å². The van der Waals surface area contributed by atoms with Gasteiger partial charge in [0.25, 0.3) is 0 Å². The summed E-state index contributed by atoms with van der Waals surface area (Å²) in [6, 6.07) is 3.51. The van der Waals surface area contributed by atoms with Crippen LogP contribution in [0.4, 0.5) is 4.79 Å². The molecule has 10 amide bonds. The largest absolute Gasteiger partial charge is 0.507 e. The highest BCUT2D eigenvalue weighted by Crippen LogP contribution is 2.22. The van der Waals surface area contributed by atoms with Crippen LogP contribution in [-0.2, 0) is 75.2 Å². The maximum Gasteiger partial charge on any atom is 0.326 e. The van der Waals surface area contributed by atoms with Crippen molar-refractivity contribution < 1.29 is 97.8 Å². The molecule has 3 rings (SSSR count). The number of carboxylic acids is 5. The molecule has 0 bridgehead atoms. The quantitative estimate of drug-likeness (QED) is 0.0257. The van der Waals surface area contributed by atoms with E-state index < -0.39 is 127 Å². The second kappa shape index (κ2) is 45.6. The Morgan fingerprint density at radius 3 is 1.30 bits per heavy atom.